The van der Waals surface area contributed by atoms with E-state index in [2.05, 4.69) is 413 Å². The van der Waals surface area contributed by atoms with Crippen molar-refractivity contribution in [3.8, 4) is 67.8 Å². The van der Waals surface area contributed by atoms with E-state index < -0.39 is 0 Å². The van der Waals surface area contributed by atoms with Gasteiger partial charge in [0.25, 0.3) is 0 Å². The molecular formula is C124H96N16Pt4. The molecule has 712 valence electrons. The van der Waals surface area contributed by atoms with Gasteiger partial charge in [-0.2, -0.15) is 121 Å². The number of pyridine rings is 8. The molecule has 24 aromatic rings. The molecule has 0 aliphatic heterocycles. The van der Waals surface area contributed by atoms with E-state index in [1.807, 2.05) is 151 Å². The standard InChI is InChI=1S/4C31H24N4.4Pt/c1-21-16-17-32-31(18-21)35-28-12-5-4-11-26(28)27-15-14-24(20-29(27)35)23-9-7-10-25(19-23)34(3)30-13-6-8-22(2)33-30;1-21-14-17-31(33-22(21)2)35-28-12-5-4-11-26(28)27-16-15-24(20-29(27)35)23-9-8-10-25(19-23)34(3)30-13-6-7-18-32-30;1-21-15-16-32-31(17-21)35-28-10-5-4-9-26(28)27-13-12-24(19-29(27)35)23-7-6-8-25(18-23)34(3)30-14-11-22(2)20-33-30;1-21-13-15-32-30(17-21)34(3)25-8-6-7-23(19-25)24-11-12-27-26-9-4-5-10-28(26)35(29(27)20-24)31-18-22(2)14-16-33-31;;;;/h2*4-18H,1-3H3;4-17,20H,1-3H3;4-18H,1-3H3;;;;/q4*-2;4*+2. The average Bonchev–Trinajstić information content (AvgIpc) is 1.60. The van der Waals surface area contributed by atoms with Crippen molar-refractivity contribution in [3.05, 3.63) is 458 Å². The van der Waals surface area contributed by atoms with Crippen molar-refractivity contribution in [3.63, 3.8) is 0 Å². The van der Waals surface area contributed by atoms with Gasteiger partial charge in [-0.3, -0.25) is 0 Å². The van der Waals surface area contributed by atoms with E-state index in [1.54, 1.807) is 6.20 Å². The third-order valence-electron chi connectivity index (χ3n) is 25.7. The van der Waals surface area contributed by atoms with Crippen LogP contribution in [0.4, 0.5) is 46.0 Å². The number of anilines is 8. The molecule has 0 radical (unpaired) electrons. The Morgan fingerprint density at radius 1 is 0.215 bits per heavy atom. The molecule has 0 atom stereocenters. The summed E-state index contributed by atoms with van der Waals surface area (Å²) >= 11 is 0. The van der Waals surface area contributed by atoms with E-state index in [0.717, 1.165) is 196 Å². The third kappa shape index (κ3) is 20.4. The van der Waals surface area contributed by atoms with Gasteiger partial charge in [-0.25, -0.2) is 84.4 Å². The van der Waals surface area contributed by atoms with Gasteiger partial charge >= 0.3 is 84.3 Å². The molecule has 20 heteroatoms. The van der Waals surface area contributed by atoms with Crippen molar-refractivity contribution in [2.75, 3.05) is 47.8 Å². The molecule has 0 saturated carbocycles. The number of hydrogen-bond donors (Lipinski definition) is 0. The summed E-state index contributed by atoms with van der Waals surface area (Å²) in [6, 6.07) is 142. The molecule has 12 aromatic heterocycles. The van der Waals surface area contributed by atoms with Crippen LogP contribution in [0.2, 0.25) is 0 Å². The van der Waals surface area contributed by atoms with Crippen LogP contribution in [0.3, 0.4) is 0 Å². The van der Waals surface area contributed by atoms with Crippen molar-refractivity contribution >= 4 is 133 Å². The van der Waals surface area contributed by atoms with Crippen LogP contribution in [0.25, 0.3) is 155 Å². The minimum absolute atomic E-state index is 0. The van der Waals surface area contributed by atoms with E-state index in [9.17, 15) is 0 Å². The third-order valence-corrected chi connectivity index (χ3v) is 25.7. The van der Waals surface area contributed by atoms with Crippen molar-refractivity contribution < 1.29 is 84.3 Å². The van der Waals surface area contributed by atoms with Gasteiger partial charge in [-0.15, -0.1) is 48.5 Å². The van der Waals surface area contributed by atoms with E-state index in [4.69, 9.17) is 4.98 Å². The second kappa shape index (κ2) is 43.8. The van der Waals surface area contributed by atoms with Crippen LogP contribution in [0, 0.1) is 104 Å². The summed E-state index contributed by atoms with van der Waals surface area (Å²) in [6.07, 6.45) is 11.1. The van der Waals surface area contributed by atoms with Crippen LogP contribution in [-0.2, 0) is 84.3 Å². The van der Waals surface area contributed by atoms with E-state index in [-0.39, 0.29) is 84.3 Å². The SMILES string of the molecule is Cc1ccc(-n2c3[c-]c(-c4[c-]c(N(C)c5ccccn5)ccc4)ccc3c3ccccc32)nc1C.Cc1ccc(N(C)c2[c-]c(-c3[c-]c4c(cc3)c3ccccc3n4-c3cc(C)ccn3)ccc2)nc1.Cc1ccnc(-n2c3[c-]c(-c4[c-]c(N(C)c5cccc(C)n5)ccc4)ccc3c3ccccc32)c1.Cc1ccnc(N(C)c2[c-]c(-c3[c-]c4c(cc3)c3ccccc3n4-c3cc(C)ccn3)ccc2)c1.[Pt+2].[Pt+2].[Pt+2].[Pt+2]. The Kier molecular flexibility index (Phi) is 30.6. The monoisotopic (exact) mass is 2590 g/mol. The normalized spacial score (nSPS) is 11.0. The van der Waals surface area contributed by atoms with Crippen molar-refractivity contribution in [1.29, 1.82) is 0 Å². The molecule has 0 N–H and O–H groups in total. The largest absolute Gasteiger partial charge is 2.00 e. The van der Waals surface area contributed by atoms with E-state index in [0.29, 0.717) is 0 Å². The number of aryl methyl sites for hydroxylation is 8. The maximum absolute atomic E-state index is 4.91. The van der Waals surface area contributed by atoms with Gasteiger partial charge in [-0.05, 0) is 242 Å². The van der Waals surface area contributed by atoms with Gasteiger partial charge in [0.05, 0.1) is 0 Å². The van der Waals surface area contributed by atoms with Gasteiger partial charge in [0.1, 0.15) is 46.5 Å². The first-order valence-corrected chi connectivity index (χ1v) is 46.7. The fourth-order valence-electron chi connectivity index (χ4n) is 18.2. The first-order chi connectivity index (χ1) is 68.3. The summed E-state index contributed by atoms with van der Waals surface area (Å²) in [5, 5.41) is 9.40. The molecular weight excluding hydrogens is 2490 g/mol. The average molecular weight is 2590 g/mol. The first kappa shape index (κ1) is 101. The fourth-order valence-corrected chi connectivity index (χ4v) is 18.2. The molecule has 0 aliphatic rings. The Labute approximate surface area is 896 Å². The minimum Gasteiger partial charge on any atom is -0.348 e. The molecule has 0 bridgehead atoms. The van der Waals surface area contributed by atoms with Gasteiger partial charge in [-0.1, -0.05) is 141 Å². The number of fused-ring (bicyclic) bond motifs is 12. The Morgan fingerprint density at radius 2 is 0.535 bits per heavy atom. The molecule has 0 fully saturated rings. The molecule has 0 amide bonds. The Balaban J connectivity index is 0.000000130. The summed E-state index contributed by atoms with van der Waals surface area (Å²) in [7, 11) is 8.06. The fraction of sp³-hybridized carbons (Fsp3) is 0.0968. The topological polar surface area (TPSA) is 136 Å². The van der Waals surface area contributed by atoms with Crippen LogP contribution < -0.4 is 19.6 Å². The zero-order valence-electron chi connectivity index (χ0n) is 81.1. The van der Waals surface area contributed by atoms with Crippen LogP contribution in [0.5, 0.6) is 0 Å². The van der Waals surface area contributed by atoms with Gasteiger partial charge in [0, 0.05) is 98.8 Å². The van der Waals surface area contributed by atoms with Crippen molar-refractivity contribution in [2.24, 2.45) is 0 Å². The quantitative estimate of drug-likeness (QED) is 0.0852. The summed E-state index contributed by atoms with van der Waals surface area (Å²) < 4.78 is 8.82. The first-order valence-electron chi connectivity index (χ1n) is 46.7. The van der Waals surface area contributed by atoms with Crippen molar-refractivity contribution in [2.45, 2.75) is 55.4 Å². The molecule has 24 rings (SSSR count). The Morgan fingerprint density at radius 3 is 0.882 bits per heavy atom. The van der Waals surface area contributed by atoms with Crippen LogP contribution >= 0.6 is 0 Å². The van der Waals surface area contributed by atoms with Crippen LogP contribution in [0.15, 0.2) is 365 Å². The van der Waals surface area contributed by atoms with Gasteiger partial charge in [0.2, 0.25) is 0 Å². The summed E-state index contributed by atoms with van der Waals surface area (Å²) in [5.41, 5.74) is 29.3. The van der Waals surface area contributed by atoms with E-state index in [1.165, 1.54) is 49.4 Å². The Hall–Kier alpha value is -15.0. The number of hydrogen-bond acceptors (Lipinski definition) is 12. The number of para-hydroxylation sites is 4. The van der Waals surface area contributed by atoms with Crippen molar-refractivity contribution in [1.82, 2.24) is 58.1 Å². The predicted octanol–water partition coefficient (Wildman–Crippen LogP) is 28.9. The second-order valence-electron chi connectivity index (χ2n) is 35.3. The zero-order chi connectivity index (χ0) is 95.8. The maximum Gasteiger partial charge on any atom is 2.00 e. The molecule has 144 heavy (non-hydrogen) atoms. The number of aromatic nitrogens is 12. The van der Waals surface area contributed by atoms with E-state index >= 15 is 0 Å². The maximum atomic E-state index is 4.91. The summed E-state index contributed by atoms with van der Waals surface area (Å²) in [4.78, 5) is 45.4. The second-order valence-corrected chi connectivity index (χ2v) is 35.3. The summed E-state index contributed by atoms with van der Waals surface area (Å²) in [5.74, 6) is 7.13. The number of rotatable bonds is 16. The molecule has 0 unspecified atom stereocenters. The molecule has 12 heterocycles. The van der Waals surface area contributed by atoms with Crippen LogP contribution in [0.1, 0.15) is 44.8 Å². The molecule has 12 aromatic carbocycles. The van der Waals surface area contributed by atoms with Crippen LogP contribution in [-0.4, -0.2) is 86.3 Å². The zero-order valence-corrected chi connectivity index (χ0v) is 90.2. The minimum atomic E-state index is 0. The van der Waals surface area contributed by atoms with Gasteiger partial charge in [0.15, 0.2) is 0 Å². The number of benzene rings is 12. The molecule has 16 nitrogen and oxygen atoms in total. The Bertz CT molecular complexity index is 8560. The van der Waals surface area contributed by atoms with Gasteiger partial charge < -0.3 is 37.9 Å². The molecule has 0 saturated heterocycles. The molecule has 0 aliphatic carbocycles. The number of nitrogens with zero attached hydrogens (tertiary/aromatic N) is 16. The smallest absolute Gasteiger partial charge is 0.348 e. The predicted molar refractivity (Wildman–Crippen MR) is 574 cm³/mol. The molecule has 0 spiro atoms. The summed E-state index contributed by atoms with van der Waals surface area (Å²) in [6.45, 7) is 16.5.